The lowest BCUT2D eigenvalue weighted by molar-refractivity contribution is 0.0915. The van der Waals surface area contributed by atoms with Gasteiger partial charge in [0.05, 0.1) is 25.1 Å². The Bertz CT molecular complexity index is 1130. The number of nitrogens with zero attached hydrogens (tertiary/aromatic N) is 2. The highest BCUT2D eigenvalue weighted by Crippen LogP contribution is 2.22. The van der Waals surface area contributed by atoms with Gasteiger partial charge in [-0.2, -0.15) is 0 Å². The zero-order valence-corrected chi connectivity index (χ0v) is 25.1. The molecule has 6 heteroatoms. The van der Waals surface area contributed by atoms with Gasteiger partial charge in [0.1, 0.15) is 5.75 Å². The monoisotopic (exact) mass is 533 g/mol. The minimum atomic E-state index is -0.0183. The van der Waals surface area contributed by atoms with Gasteiger partial charge in [-0.05, 0) is 80.5 Å². The van der Waals surface area contributed by atoms with Crippen molar-refractivity contribution in [3.8, 4) is 5.75 Å². The summed E-state index contributed by atoms with van der Waals surface area (Å²) in [6.07, 6.45) is 8.63. The number of methoxy groups -OCH3 is 1. The summed E-state index contributed by atoms with van der Waals surface area (Å²) in [6, 6.07) is 14.0. The Morgan fingerprint density at radius 2 is 1.64 bits per heavy atom. The smallest absolute Gasteiger partial charge is 0.251 e. The first-order valence-electron chi connectivity index (χ1n) is 13.9. The van der Waals surface area contributed by atoms with E-state index in [0.29, 0.717) is 13.2 Å². The lowest BCUT2D eigenvalue weighted by Crippen LogP contribution is -2.28. The van der Waals surface area contributed by atoms with Crippen LogP contribution in [0.2, 0.25) is 0 Å². The Labute approximate surface area is 236 Å². The van der Waals surface area contributed by atoms with Gasteiger partial charge in [0, 0.05) is 31.1 Å². The van der Waals surface area contributed by atoms with Gasteiger partial charge in [-0.1, -0.05) is 58.0 Å². The molecule has 0 aliphatic carbocycles. The largest absolute Gasteiger partial charge is 0.497 e. The third-order valence-corrected chi connectivity index (χ3v) is 5.93. The second-order valence-electron chi connectivity index (χ2n) is 8.77. The predicted molar refractivity (Wildman–Crippen MR) is 166 cm³/mol. The van der Waals surface area contributed by atoms with Gasteiger partial charge in [0.15, 0.2) is 0 Å². The van der Waals surface area contributed by atoms with E-state index in [1.54, 1.807) is 7.11 Å². The summed E-state index contributed by atoms with van der Waals surface area (Å²) in [5, 5.41) is 2.87. The van der Waals surface area contributed by atoms with E-state index in [-0.39, 0.29) is 5.91 Å². The van der Waals surface area contributed by atoms with Crippen LogP contribution >= 0.6 is 0 Å². The zero-order chi connectivity index (χ0) is 29.0. The number of hydrogen-bond donors (Lipinski definition) is 1. The molecular formula is C33H47N3O3. The first-order valence-corrected chi connectivity index (χ1v) is 13.9. The van der Waals surface area contributed by atoms with Crippen LogP contribution in [0.3, 0.4) is 0 Å². The van der Waals surface area contributed by atoms with Crippen molar-refractivity contribution in [2.45, 2.75) is 67.7 Å². The third kappa shape index (κ3) is 12.3. The van der Waals surface area contributed by atoms with Gasteiger partial charge in [0.25, 0.3) is 5.91 Å². The van der Waals surface area contributed by atoms with Crippen molar-refractivity contribution in [2.75, 3.05) is 26.9 Å². The number of hydrogen-bond acceptors (Lipinski definition) is 5. The molecule has 0 radical (unpaired) electrons. The quantitative estimate of drug-likeness (QED) is 0.337. The Hall–Kier alpha value is -3.51. The summed E-state index contributed by atoms with van der Waals surface area (Å²) in [6.45, 7) is 16.0. The molecule has 0 fully saturated rings. The van der Waals surface area contributed by atoms with E-state index in [2.05, 4.69) is 47.3 Å². The molecule has 1 aliphatic rings. The maximum Gasteiger partial charge on any atom is 0.251 e. The van der Waals surface area contributed by atoms with Crippen LogP contribution in [-0.2, 0) is 11.2 Å². The van der Waals surface area contributed by atoms with Crippen molar-refractivity contribution in [3.05, 3.63) is 83.2 Å². The molecule has 1 N–H and O–H groups in total. The van der Waals surface area contributed by atoms with Crippen LogP contribution < -0.4 is 10.1 Å². The number of rotatable bonds is 9. The maximum absolute atomic E-state index is 11.9. The Morgan fingerprint density at radius 1 is 0.949 bits per heavy atom. The predicted octanol–water partition coefficient (Wildman–Crippen LogP) is 7.62. The van der Waals surface area contributed by atoms with Crippen molar-refractivity contribution in [1.82, 2.24) is 5.32 Å². The summed E-state index contributed by atoms with van der Waals surface area (Å²) in [7, 11) is 1.67. The van der Waals surface area contributed by atoms with Crippen LogP contribution in [0.1, 0.15) is 81.4 Å². The molecule has 0 saturated carbocycles. The summed E-state index contributed by atoms with van der Waals surface area (Å²) in [5.74, 6) is 0.845. The van der Waals surface area contributed by atoms with Gasteiger partial charge in [-0.15, -0.1) is 0 Å². The molecule has 6 nitrogen and oxygen atoms in total. The molecule has 0 unspecified atom stereocenters. The van der Waals surface area contributed by atoms with E-state index in [4.69, 9.17) is 9.47 Å². The van der Waals surface area contributed by atoms with Crippen LogP contribution in [0, 0.1) is 6.92 Å². The van der Waals surface area contributed by atoms with E-state index in [0.717, 1.165) is 59.7 Å². The molecule has 0 saturated heterocycles. The first-order chi connectivity index (χ1) is 18.9. The molecule has 0 spiro atoms. The van der Waals surface area contributed by atoms with E-state index in [1.807, 2.05) is 77.4 Å². The zero-order valence-electron chi connectivity index (χ0n) is 25.1. The highest BCUT2D eigenvalue weighted by atomic mass is 16.5. The molecule has 1 heterocycles. The normalized spacial score (nSPS) is 14.7. The van der Waals surface area contributed by atoms with E-state index >= 15 is 0 Å². The average molecular weight is 534 g/mol. The van der Waals surface area contributed by atoms with Crippen LogP contribution in [-0.4, -0.2) is 44.2 Å². The van der Waals surface area contributed by atoms with Crippen molar-refractivity contribution in [3.63, 3.8) is 0 Å². The van der Waals surface area contributed by atoms with E-state index in [1.165, 1.54) is 11.1 Å². The molecule has 2 aromatic rings. The fourth-order valence-electron chi connectivity index (χ4n) is 3.53. The molecule has 0 bridgehead atoms. The topological polar surface area (TPSA) is 72.3 Å². The van der Waals surface area contributed by atoms with E-state index < -0.39 is 0 Å². The number of carbonyl (C=O) groups is 1. The molecule has 39 heavy (non-hydrogen) atoms. The number of aryl methyl sites for hydroxylation is 2. The van der Waals surface area contributed by atoms with Gasteiger partial charge in [0.2, 0.25) is 0 Å². The highest BCUT2D eigenvalue weighted by Gasteiger charge is 2.08. The second kappa shape index (κ2) is 19.5. The minimum absolute atomic E-state index is 0.0183. The first kappa shape index (κ1) is 33.5. The molecule has 2 aromatic carbocycles. The van der Waals surface area contributed by atoms with Crippen LogP contribution in [0.15, 0.2) is 70.9 Å². The van der Waals surface area contributed by atoms with Gasteiger partial charge >= 0.3 is 0 Å². The fraction of sp³-hybridized carbons (Fsp3) is 0.424. The molecule has 0 atom stereocenters. The van der Waals surface area contributed by atoms with Crippen molar-refractivity contribution >= 4 is 22.9 Å². The summed E-state index contributed by atoms with van der Waals surface area (Å²) in [5.41, 5.74) is 7.25. The third-order valence-electron chi connectivity index (χ3n) is 5.93. The number of allylic oxidation sites excluding steroid dienone is 2. The number of carbonyl (C=O) groups excluding carboxylic acids is 1. The molecule has 212 valence electrons. The van der Waals surface area contributed by atoms with Gasteiger partial charge in [-0.25, -0.2) is 0 Å². The number of benzene rings is 2. The SMILES string of the molecule is CC.CCCOCCNC(=O)c1ccc(CC)cc1C.COc1ccc(/C2=C/N=C(C)C(C)=N/C=C\C2)cc1. The molecule has 3 rings (SSSR count). The van der Waals surface area contributed by atoms with Crippen LogP contribution in [0.4, 0.5) is 0 Å². The fourth-order valence-corrected chi connectivity index (χ4v) is 3.53. The average Bonchev–Trinajstić information content (AvgIpc) is 3.05. The Kier molecular flexibility index (Phi) is 16.8. The van der Waals surface area contributed by atoms with Crippen LogP contribution in [0.25, 0.3) is 5.57 Å². The Morgan fingerprint density at radius 3 is 2.26 bits per heavy atom. The molecule has 1 aliphatic heterocycles. The van der Waals surface area contributed by atoms with Crippen molar-refractivity contribution in [2.24, 2.45) is 9.98 Å². The lowest BCUT2D eigenvalue weighted by Gasteiger charge is -2.09. The summed E-state index contributed by atoms with van der Waals surface area (Å²) in [4.78, 5) is 20.7. The van der Waals surface area contributed by atoms with Crippen molar-refractivity contribution in [1.29, 1.82) is 0 Å². The number of amides is 1. The van der Waals surface area contributed by atoms with Crippen LogP contribution in [0.5, 0.6) is 5.75 Å². The highest BCUT2D eigenvalue weighted by molar-refractivity contribution is 6.40. The summed E-state index contributed by atoms with van der Waals surface area (Å²) >= 11 is 0. The maximum atomic E-state index is 11.9. The number of ether oxygens (including phenoxy) is 2. The van der Waals surface area contributed by atoms with Crippen molar-refractivity contribution < 1.29 is 14.3 Å². The minimum Gasteiger partial charge on any atom is -0.497 e. The Balaban J connectivity index is 0.000000367. The molecular weight excluding hydrogens is 486 g/mol. The molecule has 1 amide bonds. The number of nitrogens with one attached hydrogen (secondary N) is 1. The lowest BCUT2D eigenvalue weighted by atomic mass is 10.0. The number of aliphatic imine (C=N–C) groups is 2. The second-order valence-corrected chi connectivity index (χ2v) is 8.77. The van der Waals surface area contributed by atoms with E-state index in [9.17, 15) is 4.79 Å². The standard InChI is InChI=1S/C16H18N2O.C15H23NO2.C2H6/c1-12-13(2)18-11-15(5-4-10-17-12)14-6-8-16(19-3)9-7-14;1-4-9-18-10-8-16-15(17)14-7-6-13(5-2)11-12(14)3;1-2/h4,6-11H,5H2,1-3H3;6-7,11H,4-5,8-10H2,1-3H3,(H,16,17);1-2H3/b10-4-,15-11+,17-12?,18-13?;;. The van der Waals surface area contributed by atoms with Gasteiger partial charge in [-0.3, -0.25) is 14.8 Å². The van der Waals surface area contributed by atoms with Gasteiger partial charge < -0.3 is 14.8 Å². The molecule has 0 aromatic heterocycles. The summed E-state index contributed by atoms with van der Waals surface area (Å²) < 4.78 is 10.5.